The minimum absolute atomic E-state index is 0.0740. The van der Waals surface area contributed by atoms with E-state index in [1.807, 2.05) is 11.8 Å². The summed E-state index contributed by atoms with van der Waals surface area (Å²) < 4.78 is 0. The molecule has 0 saturated carbocycles. The summed E-state index contributed by atoms with van der Waals surface area (Å²) in [5.41, 5.74) is 1.41. The number of rotatable bonds is 1. The fourth-order valence-corrected chi connectivity index (χ4v) is 2.54. The van der Waals surface area contributed by atoms with E-state index < -0.39 is 0 Å². The summed E-state index contributed by atoms with van der Waals surface area (Å²) in [5.74, 6) is 0.890. The standard InChI is InChI=1S/C14H19NO2/c1-9-6-11(3)15(8-9)14(17)12-4-5-13(16)10(2)7-12/h4-5,7,9,11,16H,6,8H2,1-3H3. The molecule has 2 atom stereocenters. The molecule has 0 spiro atoms. The van der Waals surface area contributed by atoms with Crippen molar-refractivity contribution in [1.29, 1.82) is 0 Å². The zero-order chi connectivity index (χ0) is 12.6. The van der Waals surface area contributed by atoms with Crippen LogP contribution in [-0.2, 0) is 0 Å². The number of amides is 1. The van der Waals surface area contributed by atoms with Crippen LogP contribution in [0.5, 0.6) is 5.75 Å². The minimum Gasteiger partial charge on any atom is -0.508 e. The average molecular weight is 233 g/mol. The van der Waals surface area contributed by atoms with E-state index in [1.54, 1.807) is 18.2 Å². The summed E-state index contributed by atoms with van der Waals surface area (Å²) in [4.78, 5) is 14.2. The van der Waals surface area contributed by atoms with E-state index in [0.29, 0.717) is 17.5 Å². The summed E-state index contributed by atoms with van der Waals surface area (Å²) in [7, 11) is 0. The highest BCUT2D eigenvalue weighted by Gasteiger charge is 2.30. The lowest BCUT2D eigenvalue weighted by atomic mass is 10.1. The molecule has 1 amide bonds. The lowest BCUT2D eigenvalue weighted by Gasteiger charge is -2.21. The van der Waals surface area contributed by atoms with E-state index in [2.05, 4.69) is 13.8 Å². The molecule has 1 aliphatic heterocycles. The van der Waals surface area contributed by atoms with Gasteiger partial charge >= 0.3 is 0 Å². The van der Waals surface area contributed by atoms with Gasteiger partial charge in [-0.15, -0.1) is 0 Å². The Morgan fingerprint density at radius 3 is 2.65 bits per heavy atom. The van der Waals surface area contributed by atoms with Gasteiger partial charge in [-0.05, 0) is 49.9 Å². The quantitative estimate of drug-likeness (QED) is 0.810. The number of hydrogen-bond donors (Lipinski definition) is 1. The predicted octanol–water partition coefficient (Wildman–Crippen LogP) is 2.57. The van der Waals surface area contributed by atoms with Crippen LogP contribution in [0.25, 0.3) is 0 Å². The molecule has 1 aromatic carbocycles. The van der Waals surface area contributed by atoms with Crippen molar-refractivity contribution in [3.05, 3.63) is 29.3 Å². The van der Waals surface area contributed by atoms with Gasteiger partial charge in [0.25, 0.3) is 5.91 Å². The van der Waals surface area contributed by atoms with Crippen LogP contribution in [0.1, 0.15) is 36.2 Å². The van der Waals surface area contributed by atoms with Gasteiger partial charge in [0.05, 0.1) is 0 Å². The van der Waals surface area contributed by atoms with Gasteiger partial charge in [-0.2, -0.15) is 0 Å². The van der Waals surface area contributed by atoms with Gasteiger partial charge in [-0.3, -0.25) is 4.79 Å². The fraction of sp³-hybridized carbons (Fsp3) is 0.500. The molecule has 1 N–H and O–H groups in total. The van der Waals surface area contributed by atoms with Gasteiger partial charge in [-0.1, -0.05) is 6.92 Å². The van der Waals surface area contributed by atoms with Crippen LogP contribution in [0.4, 0.5) is 0 Å². The molecule has 0 aromatic heterocycles. The van der Waals surface area contributed by atoms with Crippen LogP contribution in [-0.4, -0.2) is 28.5 Å². The Hall–Kier alpha value is -1.51. The number of hydrogen-bond acceptors (Lipinski definition) is 2. The van der Waals surface area contributed by atoms with Gasteiger partial charge < -0.3 is 10.0 Å². The molecule has 1 fully saturated rings. The van der Waals surface area contributed by atoms with Gasteiger partial charge in [0.2, 0.25) is 0 Å². The maximum atomic E-state index is 12.3. The minimum atomic E-state index is 0.0740. The number of carbonyl (C=O) groups is 1. The predicted molar refractivity (Wildman–Crippen MR) is 67.1 cm³/mol. The highest BCUT2D eigenvalue weighted by Crippen LogP contribution is 2.25. The Labute approximate surface area is 102 Å². The number of phenolic OH excluding ortho intramolecular Hbond substituents is 1. The Kier molecular flexibility index (Phi) is 3.09. The van der Waals surface area contributed by atoms with E-state index in [9.17, 15) is 9.90 Å². The van der Waals surface area contributed by atoms with E-state index >= 15 is 0 Å². The second-order valence-corrected chi connectivity index (χ2v) is 5.15. The number of aromatic hydroxyl groups is 1. The van der Waals surface area contributed by atoms with Crippen LogP contribution in [0, 0.1) is 12.8 Å². The largest absolute Gasteiger partial charge is 0.508 e. The molecular weight excluding hydrogens is 214 g/mol. The lowest BCUT2D eigenvalue weighted by molar-refractivity contribution is 0.0743. The molecule has 1 aliphatic rings. The van der Waals surface area contributed by atoms with E-state index in [-0.39, 0.29) is 11.7 Å². The van der Waals surface area contributed by atoms with Crippen molar-refractivity contribution >= 4 is 5.91 Å². The molecule has 3 nitrogen and oxygen atoms in total. The van der Waals surface area contributed by atoms with Gasteiger partial charge in [0.15, 0.2) is 0 Å². The van der Waals surface area contributed by atoms with Gasteiger partial charge in [0.1, 0.15) is 5.75 Å². The van der Waals surface area contributed by atoms with Crippen molar-refractivity contribution < 1.29 is 9.90 Å². The number of aryl methyl sites for hydroxylation is 1. The maximum absolute atomic E-state index is 12.3. The molecular formula is C14H19NO2. The fourth-order valence-electron chi connectivity index (χ4n) is 2.54. The Balaban J connectivity index is 2.22. The average Bonchev–Trinajstić information content (AvgIpc) is 2.61. The number of likely N-dealkylation sites (tertiary alicyclic amines) is 1. The first kappa shape index (κ1) is 12.0. The van der Waals surface area contributed by atoms with Crippen LogP contribution < -0.4 is 0 Å². The topological polar surface area (TPSA) is 40.5 Å². The number of phenols is 1. The van der Waals surface area contributed by atoms with Crippen LogP contribution >= 0.6 is 0 Å². The Morgan fingerprint density at radius 2 is 2.12 bits per heavy atom. The summed E-state index contributed by atoms with van der Waals surface area (Å²) in [6.07, 6.45) is 1.07. The Bertz CT molecular complexity index is 442. The van der Waals surface area contributed by atoms with E-state index in [4.69, 9.17) is 0 Å². The molecule has 0 aliphatic carbocycles. The summed E-state index contributed by atoms with van der Waals surface area (Å²) in [6.45, 7) is 6.91. The lowest BCUT2D eigenvalue weighted by Crippen LogP contribution is -2.33. The van der Waals surface area contributed by atoms with Crippen molar-refractivity contribution in [1.82, 2.24) is 4.90 Å². The van der Waals surface area contributed by atoms with Crippen molar-refractivity contribution in [3.8, 4) is 5.75 Å². The zero-order valence-corrected chi connectivity index (χ0v) is 10.6. The summed E-state index contributed by atoms with van der Waals surface area (Å²) >= 11 is 0. The Morgan fingerprint density at radius 1 is 1.41 bits per heavy atom. The third-order valence-corrected chi connectivity index (χ3v) is 3.49. The molecule has 1 heterocycles. The molecule has 1 saturated heterocycles. The first-order valence-corrected chi connectivity index (χ1v) is 6.09. The summed E-state index contributed by atoms with van der Waals surface area (Å²) in [5, 5.41) is 9.46. The zero-order valence-electron chi connectivity index (χ0n) is 10.6. The molecule has 1 aromatic rings. The monoisotopic (exact) mass is 233 g/mol. The number of carbonyl (C=O) groups excluding carboxylic acids is 1. The van der Waals surface area contributed by atoms with E-state index in [0.717, 1.165) is 18.5 Å². The molecule has 92 valence electrons. The highest BCUT2D eigenvalue weighted by atomic mass is 16.3. The van der Waals surface area contributed by atoms with Crippen LogP contribution in [0.15, 0.2) is 18.2 Å². The van der Waals surface area contributed by atoms with Crippen molar-refractivity contribution in [2.45, 2.75) is 33.2 Å². The molecule has 0 bridgehead atoms. The van der Waals surface area contributed by atoms with Crippen LogP contribution in [0.2, 0.25) is 0 Å². The first-order chi connectivity index (χ1) is 7.99. The molecule has 17 heavy (non-hydrogen) atoms. The molecule has 3 heteroatoms. The molecule has 2 unspecified atom stereocenters. The normalized spacial score (nSPS) is 24.1. The van der Waals surface area contributed by atoms with Crippen LogP contribution in [0.3, 0.4) is 0 Å². The highest BCUT2D eigenvalue weighted by molar-refractivity contribution is 5.95. The summed E-state index contributed by atoms with van der Waals surface area (Å²) in [6, 6.07) is 5.35. The van der Waals surface area contributed by atoms with E-state index in [1.165, 1.54) is 0 Å². The smallest absolute Gasteiger partial charge is 0.254 e. The van der Waals surface area contributed by atoms with Crippen molar-refractivity contribution in [2.75, 3.05) is 6.54 Å². The van der Waals surface area contributed by atoms with Gasteiger partial charge in [0, 0.05) is 18.2 Å². The first-order valence-electron chi connectivity index (χ1n) is 6.09. The second kappa shape index (κ2) is 4.40. The van der Waals surface area contributed by atoms with Crippen molar-refractivity contribution in [2.24, 2.45) is 5.92 Å². The number of nitrogens with zero attached hydrogens (tertiary/aromatic N) is 1. The van der Waals surface area contributed by atoms with Crippen molar-refractivity contribution in [3.63, 3.8) is 0 Å². The number of benzene rings is 1. The third-order valence-electron chi connectivity index (χ3n) is 3.49. The molecule has 0 radical (unpaired) electrons. The second-order valence-electron chi connectivity index (χ2n) is 5.15. The maximum Gasteiger partial charge on any atom is 0.254 e. The molecule has 2 rings (SSSR count). The SMILES string of the molecule is Cc1cc(C(=O)N2CC(C)CC2C)ccc1O. The third kappa shape index (κ3) is 2.28. The van der Waals surface area contributed by atoms with Gasteiger partial charge in [-0.25, -0.2) is 0 Å².